The molecule has 1 N–H and O–H groups in total. The summed E-state index contributed by atoms with van der Waals surface area (Å²) < 4.78 is 10.6. The van der Waals surface area contributed by atoms with E-state index in [1.54, 1.807) is 14.2 Å². The van der Waals surface area contributed by atoms with Gasteiger partial charge in [0, 0.05) is 44.2 Å². The SMILES string of the molecule is COCCN(c1ccc2c(c1)CCC(C)N2)C(C)COC. The van der Waals surface area contributed by atoms with Crippen molar-refractivity contribution >= 4 is 11.4 Å². The second-order valence-electron chi connectivity index (χ2n) is 5.92. The molecule has 1 heterocycles. The van der Waals surface area contributed by atoms with Gasteiger partial charge in [0.05, 0.1) is 13.2 Å². The molecule has 0 aliphatic carbocycles. The summed E-state index contributed by atoms with van der Waals surface area (Å²) in [4.78, 5) is 2.37. The van der Waals surface area contributed by atoms with E-state index in [-0.39, 0.29) is 0 Å². The number of nitrogens with one attached hydrogen (secondary N) is 1. The van der Waals surface area contributed by atoms with Crippen LogP contribution in [0.4, 0.5) is 11.4 Å². The molecule has 0 radical (unpaired) electrons. The zero-order chi connectivity index (χ0) is 15.2. The third-order valence-corrected chi connectivity index (χ3v) is 4.15. The van der Waals surface area contributed by atoms with Crippen molar-refractivity contribution in [3.8, 4) is 0 Å². The lowest BCUT2D eigenvalue weighted by Gasteiger charge is -2.32. The van der Waals surface area contributed by atoms with E-state index in [9.17, 15) is 0 Å². The lowest BCUT2D eigenvalue weighted by Crippen LogP contribution is -2.38. The van der Waals surface area contributed by atoms with Gasteiger partial charge in [-0.05, 0) is 50.5 Å². The van der Waals surface area contributed by atoms with Gasteiger partial charge in [-0.15, -0.1) is 0 Å². The Bertz CT molecular complexity index is 450. The van der Waals surface area contributed by atoms with E-state index < -0.39 is 0 Å². The number of fused-ring (bicyclic) bond motifs is 1. The van der Waals surface area contributed by atoms with Crippen LogP contribution in [0.3, 0.4) is 0 Å². The predicted octanol–water partition coefficient (Wildman–Crippen LogP) is 2.92. The van der Waals surface area contributed by atoms with E-state index in [0.29, 0.717) is 12.1 Å². The predicted molar refractivity (Wildman–Crippen MR) is 88.4 cm³/mol. The Balaban J connectivity index is 2.19. The maximum absolute atomic E-state index is 5.32. The Morgan fingerprint density at radius 3 is 2.86 bits per heavy atom. The lowest BCUT2D eigenvalue weighted by atomic mass is 9.98. The third kappa shape index (κ3) is 4.11. The second-order valence-corrected chi connectivity index (χ2v) is 5.92. The molecule has 0 saturated heterocycles. The number of hydrogen-bond acceptors (Lipinski definition) is 4. The summed E-state index contributed by atoms with van der Waals surface area (Å²) in [5, 5.41) is 3.56. The van der Waals surface area contributed by atoms with Crippen LogP contribution >= 0.6 is 0 Å². The quantitative estimate of drug-likeness (QED) is 0.838. The summed E-state index contributed by atoms with van der Waals surface area (Å²) in [6.07, 6.45) is 2.34. The van der Waals surface area contributed by atoms with Crippen molar-refractivity contribution in [3.63, 3.8) is 0 Å². The fourth-order valence-corrected chi connectivity index (χ4v) is 2.94. The maximum atomic E-state index is 5.32. The molecule has 0 bridgehead atoms. The Kier molecular flexibility index (Phi) is 5.88. The fourth-order valence-electron chi connectivity index (χ4n) is 2.94. The van der Waals surface area contributed by atoms with Crippen LogP contribution < -0.4 is 10.2 Å². The molecule has 2 atom stereocenters. The van der Waals surface area contributed by atoms with E-state index in [1.807, 2.05) is 0 Å². The molecule has 118 valence electrons. The summed E-state index contributed by atoms with van der Waals surface area (Å²) in [7, 11) is 3.50. The maximum Gasteiger partial charge on any atom is 0.0663 e. The molecule has 2 rings (SSSR count). The molecule has 2 unspecified atom stereocenters. The minimum Gasteiger partial charge on any atom is -0.383 e. The topological polar surface area (TPSA) is 33.7 Å². The minimum absolute atomic E-state index is 0.332. The normalized spacial score (nSPS) is 18.8. The van der Waals surface area contributed by atoms with E-state index in [2.05, 4.69) is 42.3 Å². The zero-order valence-corrected chi connectivity index (χ0v) is 13.7. The number of ether oxygens (including phenoxy) is 2. The number of hydrogen-bond donors (Lipinski definition) is 1. The highest BCUT2D eigenvalue weighted by Gasteiger charge is 2.18. The molecule has 0 amide bonds. The summed E-state index contributed by atoms with van der Waals surface area (Å²) >= 11 is 0. The van der Waals surface area contributed by atoms with Crippen LogP contribution in [0, 0.1) is 0 Å². The average Bonchev–Trinajstić information content (AvgIpc) is 2.48. The highest BCUT2D eigenvalue weighted by Crippen LogP contribution is 2.29. The highest BCUT2D eigenvalue weighted by atomic mass is 16.5. The van der Waals surface area contributed by atoms with Crippen molar-refractivity contribution < 1.29 is 9.47 Å². The van der Waals surface area contributed by atoms with Crippen LogP contribution in [0.25, 0.3) is 0 Å². The summed E-state index contributed by atoms with van der Waals surface area (Å²) in [6.45, 7) is 6.75. The van der Waals surface area contributed by atoms with Gasteiger partial charge in [-0.1, -0.05) is 0 Å². The van der Waals surface area contributed by atoms with Crippen molar-refractivity contribution in [2.24, 2.45) is 0 Å². The standard InChI is InChI=1S/C17H28N2O2/c1-13-5-6-15-11-16(7-8-17(15)18-13)19(9-10-20-3)14(2)12-21-4/h7-8,11,13-14,18H,5-6,9-10,12H2,1-4H3. The first-order valence-electron chi connectivity index (χ1n) is 7.79. The number of methoxy groups -OCH3 is 2. The minimum atomic E-state index is 0.332. The molecule has 0 spiro atoms. The summed E-state index contributed by atoms with van der Waals surface area (Å²) in [6, 6.07) is 7.63. The second kappa shape index (κ2) is 7.66. The van der Waals surface area contributed by atoms with Gasteiger partial charge in [-0.2, -0.15) is 0 Å². The van der Waals surface area contributed by atoms with Gasteiger partial charge >= 0.3 is 0 Å². The van der Waals surface area contributed by atoms with Crippen LogP contribution in [0.5, 0.6) is 0 Å². The Morgan fingerprint density at radius 2 is 2.14 bits per heavy atom. The average molecular weight is 292 g/mol. The van der Waals surface area contributed by atoms with Gasteiger partial charge in [0.2, 0.25) is 0 Å². The molecule has 0 fully saturated rings. The van der Waals surface area contributed by atoms with Crippen LogP contribution in [-0.4, -0.2) is 46.1 Å². The first-order valence-corrected chi connectivity index (χ1v) is 7.79. The summed E-state index contributed by atoms with van der Waals surface area (Å²) in [5.41, 5.74) is 3.95. The molecular weight excluding hydrogens is 264 g/mol. The monoisotopic (exact) mass is 292 g/mol. The van der Waals surface area contributed by atoms with Gasteiger partial charge in [-0.3, -0.25) is 0 Å². The van der Waals surface area contributed by atoms with Crippen molar-refractivity contribution in [2.45, 2.75) is 38.8 Å². The molecule has 4 heteroatoms. The zero-order valence-electron chi connectivity index (χ0n) is 13.7. The number of nitrogens with zero attached hydrogens (tertiary/aromatic N) is 1. The molecule has 21 heavy (non-hydrogen) atoms. The Labute approximate surface area is 128 Å². The number of rotatable bonds is 7. The Hall–Kier alpha value is -1.26. The molecule has 0 saturated carbocycles. The van der Waals surface area contributed by atoms with Gasteiger partial charge < -0.3 is 19.7 Å². The van der Waals surface area contributed by atoms with Crippen LogP contribution in [-0.2, 0) is 15.9 Å². The van der Waals surface area contributed by atoms with Crippen molar-refractivity contribution in [2.75, 3.05) is 44.2 Å². The third-order valence-electron chi connectivity index (χ3n) is 4.15. The molecular formula is C17H28N2O2. The molecule has 1 aromatic rings. The van der Waals surface area contributed by atoms with Crippen LogP contribution in [0.15, 0.2) is 18.2 Å². The lowest BCUT2D eigenvalue weighted by molar-refractivity contribution is 0.171. The van der Waals surface area contributed by atoms with Gasteiger partial charge in [0.1, 0.15) is 0 Å². The molecule has 1 aliphatic heterocycles. The van der Waals surface area contributed by atoms with Crippen LogP contribution in [0.1, 0.15) is 25.8 Å². The Morgan fingerprint density at radius 1 is 1.33 bits per heavy atom. The smallest absolute Gasteiger partial charge is 0.0663 e. The first-order chi connectivity index (χ1) is 10.2. The van der Waals surface area contributed by atoms with Crippen molar-refractivity contribution in [3.05, 3.63) is 23.8 Å². The van der Waals surface area contributed by atoms with Crippen molar-refractivity contribution in [1.29, 1.82) is 0 Å². The van der Waals surface area contributed by atoms with E-state index >= 15 is 0 Å². The number of benzene rings is 1. The van der Waals surface area contributed by atoms with Gasteiger partial charge in [-0.25, -0.2) is 0 Å². The van der Waals surface area contributed by atoms with E-state index in [0.717, 1.165) is 26.2 Å². The molecule has 4 nitrogen and oxygen atoms in total. The summed E-state index contributed by atoms with van der Waals surface area (Å²) in [5.74, 6) is 0. The highest BCUT2D eigenvalue weighted by molar-refractivity contribution is 5.62. The van der Waals surface area contributed by atoms with Crippen LogP contribution in [0.2, 0.25) is 0 Å². The largest absolute Gasteiger partial charge is 0.383 e. The van der Waals surface area contributed by atoms with Gasteiger partial charge in [0.15, 0.2) is 0 Å². The molecule has 1 aromatic carbocycles. The van der Waals surface area contributed by atoms with Crippen molar-refractivity contribution in [1.82, 2.24) is 0 Å². The van der Waals surface area contributed by atoms with E-state index in [4.69, 9.17) is 9.47 Å². The number of aryl methyl sites for hydroxylation is 1. The number of anilines is 2. The first kappa shape index (κ1) is 16.1. The van der Waals surface area contributed by atoms with E-state index in [1.165, 1.54) is 23.4 Å². The molecule has 1 aliphatic rings. The fraction of sp³-hybridized carbons (Fsp3) is 0.647. The molecule has 0 aromatic heterocycles. The van der Waals surface area contributed by atoms with Gasteiger partial charge in [0.25, 0.3) is 0 Å².